The molecule has 4 N–H and O–H groups in total. The molecule has 0 heterocycles. The summed E-state index contributed by atoms with van der Waals surface area (Å²) in [6, 6.07) is 9.99. The zero-order valence-corrected chi connectivity index (χ0v) is 18.4. The Morgan fingerprint density at radius 1 is 1.00 bits per heavy atom. The van der Waals surface area contributed by atoms with Crippen LogP contribution in [0.4, 0.5) is 4.79 Å². The van der Waals surface area contributed by atoms with Crippen molar-refractivity contribution in [3.63, 3.8) is 0 Å². The minimum Gasteiger partial charge on any atom is -0.444 e. The first-order chi connectivity index (χ1) is 13.5. The summed E-state index contributed by atoms with van der Waals surface area (Å²) in [6.45, 7) is 10.3. The molecule has 0 spiro atoms. The molecule has 1 aromatic carbocycles. The van der Waals surface area contributed by atoms with Crippen molar-refractivity contribution >= 4 is 18.0 Å². The molecule has 0 atom stereocenters. The van der Waals surface area contributed by atoms with Crippen LogP contribution < -0.4 is 21.3 Å². The second-order valence-corrected chi connectivity index (χ2v) is 8.38. The molecule has 162 valence electrons. The number of amides is 2. The van der Waals surface area contributed by atoms with Crippen molar-refractivity contribution in [2.24, 2.45) is 4.99 Å². The first-order valence-electron chi connectivity index (χ1n) is 9.77. The Labute approximate surface area is 173 Å². The van der Waals surface area contributed by atoms with Crippen LogP contribution in [0.3, 0.4) is 0 Å². The molecule has 1 aromatic rings. The van der Waals surface area contributed by atoms with Crippen LogP contribution in [0.5, 0.6) is 0 Å². The van der Waals surface area contributed by atoms with Crippen LogP contribution in [-0.4, -0.2) is 55.8 Å². The van der Waals surface area contributed by atoms with Crippen molar-refractivity contribution in [3.8, 4) is 0 Å². The molecule has 0 unspecified atom stereocenters. The smallest absolute Gasteiger partial charge is 0.408 e. The molecule has 0 aliphatic heterocycles. The highest BCUT2D eigenvalue weighted by Gasteiger charge is 2.24. The van der Waals surface area contributed by atoms with Gasteiger partial charge in [0.15, 0.2) is 5.96 Å². The van der Waals surface area contributed by atoms with E-state index in [0.717, 1.165) is 6.42 Å². The highest BCUT2D eigenvalue weighted by atomic mass is 16.6. The zero-order chi connectivity index (χ0) is 21.9. The molecule has 0 aliphatic carbocycles. The maximum atomic E-state index is 12.0. The summed E-state index contributed by atoms with van der Waals surface area (Å²) in [5.41, 5.74) is 0.0506. The van der Waals surface area contributed by atoms with Crippen LogP contribution in [0, 0.1) is 0 Å². The number of nitrogens with zero attached hydrogens (tertiary/aromatic N) is 1. The first-order valence-corrected chi connectivity index (χ1v) is 9.77. The highest BCUT2D eigenvalue weighted by molar-refractivity contribution is 5.86. The molecular formula is C21H35N5O3. The highest BCUT2D eigenvalue weighted by Crippen LogP contribution is 2.09. The third-order valence-corrected chi connectivity index (χ3v) is 3.76. The maximum absolute atomic E-state index is 12.0. The predicted molar refractivity (Wildman–Crippen MR) is 116 cm³/mol. The van der Waals surface area contributed by atoms with Crippen LogP contribution in [0.1, 0.15) is 40.2 Å². The van der Waals surface area contributed by atoms with Crippen LogP contribution in [0.25, 0.3) is 0 Å². The lowest BCUT2D eigenvalue weighted by Gasteiger charge is -2.29. The molecule has 0 saturated heterocycles. The van der Waals surface area contributed by atoms with Gasteiger partial charge in [-0.15, -0.1) is 0 Å². The molecule has 8 heteroatoms. The molecule has 0 saturated carbocycles. The minimum atomic E-state index is -0.572. The summed E-state index contributed by atoms with van der Waals surface area (Å²) in [7, 11) is 1.62. The van der Waals surface area contributed by atoms with E-state index in [9.17, 15) is 9.59 Å². The van der Waals surface area contributed by atoms with Crippen molar-refractivity contribution in [1.29, 1.82) is 0 Å². The fourth-order valence-corrected chi connectivity index (χ4v) is 2.37. The van der Waals surface area contributed by atoms with E-state index < -0.39 is 17.2 Å². The lowest BCUT2D eigenvalue weighted by Crippen LogP contribution is -2.54. The van der Waals surface area contributed by atoms with Gasteiger partial charge in [-0.1, -0.05) is 30.3 Å². The standard InChI is InChI=1S/C21H35N5O3/c1-20(2,3)29-19(28)26-21(4,5)15-25-18(22-6)24-14-17(27)23-13-12-16-10-8-7-9-11-16/h7-11H,12-15H2,1-6H3,(H,23,27)(H,26,28)(H2,22,24,25). The van der Waals surface area contributed by atoms with Crippen molar-refractivity contribution in [3.05, 3.63) is 35.9 Å². The molecule has 8 nitrogen and oxygen atoms in total. The molecule has 1 rings (SSSR count). The van der Waals surface area contributed by atoms with Gasteiger partial charge in [-0.3, -0.25) is 9.79 Å². The third-order valence-electron chi connectivity index (χ3n) is 3.76. The fraction of sp³-hybridized carbons (Fsp3) is 0.571. The Kier molecular flexibility index (Phi) is 9.44. The van der Waals surface area contributed by atoms with Gasteiger partial charge in [0, 0.05) is 20.1 Å². The van der Waals surface area contributed by atoms with E-state index >= 15 is 0 Å². The Hall–Kier alpha value is -2.77. The van der Waals surface area contributed by atoms with E-state index in [2.05, 4.69) is 26.3 Å². The van der Waals surface area contributed by atoms with E-state index in [1.165, 1.54) is 5.56 Å². The Bertz CT molecular complexity index is 681. The minimum absolute atomic E-state index is 0.106. The van der Waals surface area contributed by atoms with E-state index in [-0.39, 0.29) is 12.5 Å². The number of guanidine groups is 1. The van der Waals surface area contributed by atoms with Crippen molar-refractivity contribution in [2.45, 2.75) is 52.2 Å². The molecule has 0 radical (unpaired) electrons. The number of hydrogen-bond acceptors (Lipinski definition) is 4. The Morgan fingerprint density at radius 2 is 1.66 bits per heavy atom. The van der Waals surface area contributed by atoms with Gasteiger partial charge in [0.1, 0.15) is 5.60 Å². The topological polar surface area (TPSA) is 104 Å². The van der Waals surface area contributed by atoms with Gasteiger partial charge in [0.05, 0.1) is 12.1 Å². The number of aliphatic imine (C=N–C) groups is 1. The quantitative estimate of drug-likeness (QED) is 0.390. The number of rotatable bonds is 8. The van der Waals surface area contributed by atoms with Crippen LogP contribution >= 0.6 is 0 Å². The Morgan fingerprint density at radius 3 is 2.24 bits per heavy atom. The Balaban J connectivity index is 2.32. The van der Waals surface area contributed by atoms with Crippen LogP contribution in [0.2, 0.25) is 0 Å². The van der Waals surface area contributed by atoms with E-state index in [1.54, 1.807) is 7.05 Å². The molecule has 29 heavy (non-hydrogen) atoms. The summed E-state index contributed by atoms with van der Waals surface area (Å²) in [5.74, 6) is 0.359. The number of benzene rings is 1. The largest absolute Gasteiger partial charge is 0.444 e. The molecule has 2 amide bonds. The summed E-state index contributed by atoms with van der Waals surface area (Å²) in [6.07, 6.45) is 0.300. The maximum Gasteiger partial charge on any atom is 0.408 e. The molecule has 0 fully saturated rings. The zero-order valence-electron chi connectivity index (χ0n) is 18.4. The summed E-state index contributed by atoms with van der Waals surface area (Å²) in [5, 5.41) is 11.8. The molecule has 0 aliphatic rings. The third kappa shape index (κ3) is 11.6. The normalized spacial score (nSPS) is 12.1. The number of ether oxygens (including phenoxy) is 1. The second kappa shape index (κ2) is 11.3. The van der Waals surface area contributed by atoms with Gasteiger partial charge >= 0.3 is 6.09 Å². The number of carbonyl (C=O) groups excluding carboxylic acids is 2. The number of carbonyl (C=O) groups is 2. The number of alkyl carbamates (subject to hydrolysis) is 1. The van der Waals surface area contributed by atoms with Crippen molar-refractivity contribution < 1.29 is 14.3 Å². The number of nitrogens with one attached hydrogen (secondary N) is 4. The van der Waals surface area contributed by atoms with Gasteiger partial charge in [-0.25, -0.2) is 4.79 Å². The van der Waals surface area contributed by atoms with Gasteiger partial charge in [0.2, 0.25) is 5.91 Å². The summed E-state index contributed by atoms with van der Waals surface area (Å²) < 4.78 is 5.28. The van der Waals surface area contributed by atoms with E-state index in [0.29, 0.717) is 19.0 Å². The lowest BCUT2D eigenvalue weighted by molar-refractivity contribution is -0.119. The van der Waals surface area contributed by atoms with Crippen molar-refractivity contribution in [2.75, 3.05) is 26.7 Å². The van der Waals surface area contributed by atoms with Gasteiger partial charge < -0.3 is 26.0 Å². The average Bonchev–Trinajstić information content (AvgIpc) is 2.60. The van der Waals surface area contributed by atoms with Crippen LogP contribution in [0.15, 0.2) is 35.3 Å². The lowest BCUT2D eigenvalue weighted by atomic mass is 10.1. The van der Waals surface area contributed by atoms with E-state index in [4.69, 9.17) is 4.74 Å². The number of hydrogen-bond donors (Lipinski definition) is 4. The van der Waals surface area contributed by atoms with Crippen molar-refractivity contribution in [1.82, 2.24) is 21.3 Å². The van der Waals surface area contributed by atoms with Crippen LogP contribution in [-0.2, 0) is 16.0 Å². The SMILES string of the molecule is CN=C(NCC(=O)NCCc1ccccc1)NCC(C)(C)NC(=O)OC(C)(C)C. The van der Waals surface area contributed by atoms with Gasteiger partial charge in [-0.2, -0.15) is 0 Å². The van der Waals surface area contributed by atoms with E-state index in [1.807, 2.05) is 65.0 Å². The molecular weight excluding hydrogens is 370 g/mol. The second-order valence-electron chi connectivity index (χ2n) is 8.38. The first kappa shape index (κ1) is 24.3. The summed E-state index contributed by atoms with van der Waals surface area (Å²) >= 11 is 0. The fourth-order valence-electron chi connectivity index (χ4n) is 2.37. The monoisotopic (exact) mass is 405 g/mol. The molecule has 0 aromatic heterocycles. The predicted octanol–water partition coefficient (Wildman–Crippen LogP) is 1.81. The van der Waals surface area contributed by atoms with Gasteiger partial charge in [0.25, 0.3) is 0 Å². The average molecular weight is 406 g/mol. The van der Waals surface area contributed by atoms with Gasteiger partial charge in [-0.05, 0) is 46.6 Å². The summed E-state index contributed by atoms with van der Waals surface area (Å²) in [4.78, 5) is 28.0. The molecule has 0 bridgehead atoms.